The van der Waals surface area contributed by atoms with E-state index < -0.39 is 0 Å². The lowest BCUT2D eigenvalue weighted by atomic mass is 10.0. The summed E-state index contributed by atoms with van der Waals surface area (Å²) in [5, 5.41) is 0. The van der Waals surface area contributed by atoms with Crippen LogP contribution in [0.3, 0.4) is 0 Å². The standard InChI is InChI=1S/C24H21NO/c1-18-16-21-14-8-9-15-23(21)25(18)24(26)22(20-12-6-3-7-13-20)17-19-10-4-2-5-11-19/h2-15,17-18H,16H2,1H3/b22-17+/t18-/m0/s1. The number of rotatable bonds is 3. The summed E-state index contributed by atoms with van der Waals surface area (Å²) in [5.74, 6) is 0.0532. The molecular weight excluding hydrogens is 318 g/mol. The maximum absolute atomic E-state index is 13.6. The average molecular weight is 339 g/mol. The lowest BCUT2D eigenvalue weighted by Crippen LogP contribution is -2.36. The van der Waals surface area contributed by atoms with E-state index in [1.807, 2.05) is 89.8 Å². The Morgan fingerprint density at radius 2 is 1.50 bits per heavy atom. The molecule has 1 aliphatic heterocycles. The van der Waals surface area contributed by atoms with E-state index in [0.717, 1.165) is 28.8 Å². The van der Waals surface area contributed by atoms with Crippen LogP contribution in [0.5, 0.6) is 0 Å². The van der Waals surface area contributed by atoms with Gasteiger partial charge in [-0.2, -0.15) is 0 Å². The second-order valence-corrected chi connectivity index (χ2v) is 6.69. The Morgan fingerprint density at radius 1 is 0.885 bits per heavy atom. The molecule has 0 fully saturated rings. The molecule has 1 aliphatic rings. The second kappa shape index (κ2) is 7.01. The van der Waals surface area contributed by atoms with E-state index >= 15 is 0 Å². The molecule has 3 aromatic rings. The number of hydrogen-bond acceptors (Lipinski definition) is 1. The van der Waals surface area contributed by atoms with E-state index in [-0.39, 0.29) is 11.9 Å². The molecule has 0 bridgehead atoms. The van der Waals surface area contributed by atoms with E-state index in [0.29, 0.717) is 0 Å². The fraction of sp³-hybridized carbons (Fsp3) is 0.125. The van der Waals surface area contributed by atoms with Crippen molar-refractivity contribution in [3.8, 4) is 0 Å². The summed E-state index contributed by atoms with van der Waals surface area (Å²) in [5.41, 5.74) is 4.96. The predicted octanol–water partition coefficient (Wildman–Crippen LogP) is 5.21. The zero-order valence-corrected chi connectivity index (χ0v) is 14.8. The Morgan fingerprint density at radius 3 is 2.23 bits per heavy atom. The number of amides is 1. The fourth-order valence-electron chi connectivity index (χ4n) is 3.61. The maximum Gasteiger partial charge on any atom is 0.259 e. The van der Waals surface area contributed by atoms with Gasteiger partial charge in [-0.3, -0.25) is 4.79 Å². The third kappa shape index (κ3) is 3.06. The number of fused-ring (bicyclic) bond motifs is 1. The van der Waals surface area contributed by atoms with Crippen LogP contribution in [0.25, 0.3) is 11.6 Å². The third-order valence-corrected chi connectivity index (χ3v) is 4.85. The number of para-hydroxylation sites is 1. The van der Waals surface area contributed by atoms with Crippen molar-refractivity contribution >= 4 is 23.2 Å². The van der Waals surface area contributed by atoms with Crippen molar-refractivity contribution in [2.75, 3.05) is 4.90 Å². The van der Waals surface area contributed by atoms with E-state index in [1.54, 1.807) is 0 Å². The normalized spacial score (nSPS) is 16.4. The van der Waals surface area contributed by atoms with Gasteiger partial charge in [0.1, 0.15) is 0 Å². The Bertz CT molecular complexity index is 944. The molecule has 1 heterocycles. The van der Waals surface area contributed by atoms with Crippen LogP contribution in [-0.2, 0) is 11.2 Å². The van der Waals surface area contributed by atoms with Crippen LogP contribution >= 0.6 is 0 Å². The summed E-state index contributed by atoms with van der Waals surface area (Å²) in [6.07, 6.45) is 2.89. The number of carbonyl (C=O) groups is 1. The highest BCUT2D eigenvalue weighted by Crippen LogP contribution is 2.34. The molecule has 0 unspecified atom stereocenters. The van der Waals surface area contributed by atoms with Gasteiger partial charge in [0.2, 0.25) is 0 Å². The van der Waals surface area contributed by atoms with Crippen LogP contribution in [0, 0.1) is 0 Å². The molecule has 0 N–H and O–H groups in total. The summed E-state index contributed by atoms with van der Waals surface area (Å²) in [6.45, 7) is 2.11. The number of hydrogen-bond donors (Lipinski definition) is 0. The molecule has 3 aromatic carbocycles. The zero-order valence-electron chi connectivity index (χ0n) is 14.8. The van der Waals surface area contributed by atoms with Crippen molar-refractivity contribution in [2.45, 2.75) is 19.4 Å². The van der Waals surface area contributed by atoms with Crippen LogP contribution in [-0.4, -0.2) is 11.9 Å². The Hall–Kier alpha value is -3.13. The minimum absolute atomic E-state index is 0.0532. The highest BCUT2D eigenvalue weighted by Gasteiger charge is 2.32. The summed E-state index contributed by atoms with van der Waals surface area (Å²) in [4.78, 5) is 15.5. The van der Waals surface area contributed by atoms with Gasteiger partial charge in [-0.25, -0.2) is 0 Å². The molecule has 128 valence electrons. The molecule has 4 rings (SSSR count). The molecule has 0 aromatic heterocycles. The first-order chi connectivity index (χ1) is 12.7. The van der Waals surface area contributed by atoms with Crippen molar-refractivity contribution in [1.82, 2.24) is 0 Å². The SMILES string of the molecule is C[C@H]1Cc2ccccc2N1C(=O)/C(=C/c1ccccc1)c1ccccc1. The zero-order chi connectivity index (χ0) is 17.9. The fourth-order valence-corrected chi connectivity index (χ4v) is 3.61. The highest BCUT2D eigenvalue weighted by atomic mass is 16.2. The quantitative estimate of drug-likeness (QED) is 0.474. The second-order valence-electron chi connectivity index (χ2n) is 6.69. The Balaban J connectivity index is 1.80. The molecule has 26 heavy (non-hydrogen) atoms. The minimum Gasteiger partial charge on any atom is -0.305 e. The molecule has 0 saturated heterocycles. The molecule has 2 nitrogen and oxygen atoms in total. The smallest absolute Gasteiger partial charge is 0.259 e. The monoisotopic (exact) mass is 339 g/mol. The summed E-state index contributed by atoms with van der Waals surface area (Å²) < 4.78 is 0. The molecule has 0 spiro atoms. The third-order valence-electron chi connectivity index (χ3n) is 4.85. The first-order valence-corrected chi connectivity index (χ1v) is 8.97. The lowest BCUT2D eigenvalue weighted by molar-refractivity contribution is -0.113. The van der Waals surface area contributed by atoms with Gasteiger partial charge in [0.25, 0.3) is 5.91 Å². The van der Waals surface area contributed by atoms with Crippen molar-refractivity contribution < 1.29 is 4.79 Å². The molecule has 1 atom stereocenters. The Kier molecular flexibility index (Phi) is 4.40. The van der Waals surface area contributed by atoms with Gasteiger partial charge in [0, 0.05) is 17.3 Å². The predicted molar refractivity (Wildman–Crippen MR) is 108 cm³/mol. The van der Waals surface area contributed by atoms with E-state index in [9.17, 15) is 4.79 Å². The first-order valence-electron chi connectivity index (χ1n) is 8.97. The molecule has 2 heteroatoms. The van der Waals surface area contributed by atoms with Gasteiger partial charge < -0.3 is 4.90 Å². The Labute approximate surface area is 154 Å². The van der Waals surface area contributed by atoms with Gasteiger partial charge in [-0.05, 0) is 42.2 Å². The minimum atomic E-state index is 0.0532. The van der Waals surface area contributed by atoms with Gasteiger partial charge in [-0.1, -0.05) is 78.9 Å². The van der Waals surface area contributed by atoms with Crippen LogP contribution in [0.15, 0.2) is 84.9 Å². The number of carbonyl (C=O) groups excluding carboxylic acids is 1. The summed E-state index contributed by atoms with van der Waals surface area (Å²) in [6, 6.07) is 28.3. The van der Waals surface area contributed by atoms with Gasteiger partial charge in [-0.15, -0.1) is 0 Å². The molecule has 0 radical (unpaired) electrons. The van der Waals surface area contributed by atoms with E-state index in [4.69, 9.17) is 0 Å². The van der Waals surface area contributed by atoms with Crippen LogP contribution in [0.1, 0.15) is 23.6 Å². The maximum atomic E-state index is 13.6. The summed E-state index contributed by atoms with van der Waals surface area (Å²) in [7, 11) is 0. The molecule has 0 saturated carbocycles. The van der Waals surface area contributed by atoms with Crippen LogP contribution in [0.4, 0.5) is 5.69 Å². The number of nitrogens with zero attached hydrogens (tertiary/aromatic N) is 1. The number of anilines is 1. The molecular formula is C24H21NO. The molecule has 0 aliphatic carbocycles. The first kappa shape index (κ1) is 16.3. The van der Waals surface area contributed by atoms with Gasteiger partial charge in [0.15, 0.2) is 0 Å². The van der Waals surface area contributed by atoms with Crippen molar-refractivity contribution in [2.24, 2.45) is 0 Å². The van der Waals surface area contributed by atoms with Crippen molar-refractivity contribution in [3.05, 3.63) is 102 Å². The number of benzene rings is 3. The molecule has 1 amide bonds. The highest BCUT2D eigenvalue weighted by molar-refractivity contribution is 6.30. The van der Waals surface area contributed by atoms with Gasteiger partial charge >= 0.3 is 0 Å². The van der Waals surface area contributed by atoms with Crippen LogP contribution in [0.2, 0.25) is 0 Å². The topological polar surface area (TPSA) is 20.3 Å². The largest absolute Gasteiger partial charge is 0.305 e. The van der Waals surface area contributed by atoms with Gasteiger partial charge in [0.05, 0.1) is 0 Å². The van der Waals surface area contributed by atoms with Crippen molar-refractivity contribution in [3.63, 3.8) is 0 Å². The average Bonchev–Trinajstić information content (AvgIpc) is 3.03. The van der Waals surface area contributed by atoms with E-state index in [2.05, 4.69) is 13.0 Å². The summed E-state index contributed by atoms with van der Waals surface area (Å²) >= 11 is 0. The van der Waals surface area contributed by atoms with E-state index in [1.165, 1.54) is 5.56 Å². The van der Waals surface area contributed by atoms with Crippen LogP contribution < -0.4 is 4.90 Å². The lowest BCUT2D eigenvalue weighted by Gasteiger charge is -2.24. The van der Waals surface area contributed by atoms with Crippen molar-refractivity contribution in [1.29, 1.82) is 0 Å².